The second kappa shape index (κ2) is 8.43. The molecule has 1 fully saturated rings. The molecule has 0 bridgehead atoms. The summed E-state index contributed by atoms with van der Waals surface area (Å²) in [5.74, 6) is -0.525. The molecule has 0 atom stereocenters. The molecule has 3 rings (SSSR count). The van der Waals surface area contributed by atoms with E-state index in [2.05, 4.69) is 15.3 Å². The van der Waals surface area contributed by atoms with Gasteiger partial charge in [0.25, 0.3) is 5.91 Å². The highest BCUT2D eigenvalue weighted by atomic mass is 19.1. The summed E-state index contributed by atoms with van der Waals surface area (Å²) in [6, 6.07) is 5.93. The van der Waals surface area contributed by atoms with E-state index in [1.54, 1.807) is 24.0 Å². The highest BCUT2D eigenvalue weighted by Gasteiger charge is 2.23. The Labute approximate surface area is 156 Å². The summed E-state index contributed by atoms with van der Waals surface area (Å²) in [4.78, 5) is 35.9. The SMILES string of the molecule is CCOC(=O)N1CCN(c2ncc(C(=O)Nc3ccccc3F)cn2)CC1. The Morgan fingerprint density at radius 2 is 1.81 bits per heavy atom. The number of carbonyl (C=O) groups excluding carboxylic acids is 2. The van der Waals surface area contributed by atoms with Gasteiger partial charge < -0.3 is 19.9 Å². The van der Waals surface area contributed by atoms with Crippen LogP contribution in [0.4, 0.5) is 20.8 Å². The second-order valence-corrected chi connectivity index (χ2v) is 5.88. The number of ether oxygens (including phenoxy) is 1. The van der Waals surface area contributed by atoms with Gasteiger partial charge >= 0.3 is 6.09 Å². The molecule has 142 valence electrons. The third-order valence-corrected chi connectivity index (χ3v) is 4.11. The van der Waals surface area contributed by atoms with Crippen molar-refractivity contribution in [3.05, 3.63) is 48.0 Å². The van der Waals surface area contributed by atoms with Crippen LogP contribution < -0.4 is 10.2 Å². The predicted molar refractivity (Wildman–Crippen MR) is 97.2 cm³/mol. The van der Waals surface area contributed by atoms with Gasteiger partial charge in [0.05, 0.1) is 17.9 Å². The fraction of sp³-hybridized carbons (Fsp3) is 0.333. The number of nitrogens with one attached hydrogen (secondary N) is 1. The summed E-state index contributed by atoms with van der Waals surface area (Å²) >= 11 is 0. The first kappa shape index (κ1) is 18.6. The van der Waals surface area contributed by atoms with Crippen molar-refractivity contribution in [3.63, 3.8) is 0 Å². The van der Waals surface area contributed by atoms with Gasteiger partial charge in [-0.1, -0.05) is 12.1 Å². The van der Waals surface area contributed by atoms with E-state index in [4.69, 9.17) is 4.74 Å². The maximum absolute atomic E-state index is 13.6. The zero-order valence-corrected chi connectivity index (χ0v) is 14.9. The lowest BCUT2D eigenvalue weighted by Crippen LogP contribution is -2.49. The number of piperazine rings is 1. The molecule has 1 aromatic heterocycles. The molecule has 0 unspecified atom stereocenters. The number of hydrogen-bond acceptors (Lipinski definition) is 6. The Morgan fingerprint density at radius 3 is 2.44 bits per heavy atom. The zero-order chi connectivity index (χ0) is 19.2. The Hall–Kier alpha value is -3.23. The van der Waals surface area contributed by atoms with Crippen LogP contribution in [0.2, 0.25) is 0 Å². The van der Waals surface area contributed by atoms with Crippen LogP contribution in [0.25, 0.3) is 0 Å². The molecule has 0 saturated carbocycles. The van der Waals surface area contributed by atoms with Gasteiger partial charge in [0.2, 0.25) is 5.95 Å². The number of benzene rings is 1. The number of amides is 2. The minimum Gasteiger partial charge on any atom is -0.450 e. The van der Waals surface area contributed by atoms with Crippen molar-refractivity contribution in [3.8, 4) is 0 Å². The summed E-state index contributed by atoms with van der Waals surface area (Å²) in [7, 11) is 0. The first-order chi connectivity index (χ1) is 13.1. The minimum absolute atomic E-state index is 0.0988. The van der Waals surface area contributed by atoms with Crippen molar-refractivity contribution in [2.75, 3.05) is 43.0 Å². The highest BCUT2D eigenvalue weighted by molar-refractivity contribution is 6.03. The third kappa shape index (κ3) is 4.49. The van der Waals surface area contributed by atoms with Gasteiger partial charge in [0.1, 0.15) is 5.82 Å². The lowest BCUT2D eigenvalue weighted by atomic mass is 10.2. The molecular formula is C18H20FN5O3. The van der Waals surface area contributed by atoms with Crippen molar-refractivity contribution in [2.24, 2.45) is 0 Å². The Bertz CT molecular complexity index is 807. The molecule has 1 aliphatic heterocycles. The molecular weight excluding hydrogens is 353 g/mol. The molecule has 1 saturated heterocycles. The van der Waals surface area contributed by atoms with Gasteiger partial charge in [0.15, 0.2) is 0 Å². The molecule has 1 N–H and O–H groups in total. The summed E-state index contributed by atoms with van der Waals surface area (Å²) < 4.78 is 18.6. The van der Waals surface area contributed by atoms with E-state index < -0.39 is 11.7 Å². The minimum atomic E-state index is -0.511. The standard InChI is InChI=1S/C18H20FN5O3/c1-2-27-18(26)24-9-7-23(8-10-24)17-20-11-13(12-21-17)16(25)22-15-6-4-3-5-14(15)19/h3-6,11-12H,2,7-10H2,1H3,(H,22,25). The number of rotatable bonds is 4. The Morgan fingerprint density at radius 1 is 1.15 bits per heavy atom. The molecule has 2 aromatic rings. The molecule has 8 nitrogen and oxygen atoms in total. The van der Waals surface area contributed by atoms with Gasteiger partial charge in [0, 0.05) is 38.6 Å². The number of halogens is 1. The fourth-order valence-electron chi connectivity index (χ4n) is 2.66. The molecule has 0 aliphatic carbocycles. The molecule has 2 heterocycles. The van der Waals surface area contributed by atoms with Crippen molar-refractivity contribution in [2.45, 2.75) is 6.92 Å². The quantitative estimate of drug-likeness (QED) is 0.884. The van der Waals surface area contributed by atoms with E-state index in [1.165, 1.54) is 24.5 Å². The van der Waals surface area contributed by atoms with Crippen molar-refractivity contribution in [1.82, 2.24) is 14.9 Å². The zero-order valence-electron chi connectivity index (χ0n) is 14.9. The van der Waals surface area contributed by atoms with Crippen LogP contribution in [0.5, 0.6) is 0 Å². The molecule has 0 radical (unpaired) electrons. The number of anilines is 2. The van der Waals surface area contributed by atoms with E-state index in [9.17, 15) is 14.0 Å². The van der Waals surface area contributed by atoms with Gasteiger partial charge in [-0.2, -0.15) is 0 Å². The highest BCUT2D eigenvalue weighted by Crippen LogP contribution is 2.15. The summed E-state index contributed by atoms with van der Waals surface area (Å²) in [6.07, 6.45) is 2.48. The average molecular weight is 373 g/mol. The maximum Gasteiger partial charge on any atom is 0.409 e. The molecule has 27 heavy (non-hydrogen) atoms. The smallest absolute Gasteiger partial charge is 0.409 e. The van der Waals surface area contributed by atoms with Crippen molar-refractivity contribution in [1.29, 1.82) is 0 Å². The topological polar surface area (TPSA) is 87.7 Å². The predicted octanol–water partition coefficient (Wildman–Crippen LogP) is 2.15. The first-order valence-corrected chi connectivity index (χ1v) is 8.63. The lowest BCUT2D eigenvalue weighted by molar-refractivity contribution is 0.102. The van der Waals surface area contributed by atoms with Crippen LogP contribution in [-0.2, 0) is 4.74 Å². The van der Waals surface area contributed by atoms with E-state index in [-0.39, 0.29) is 17.3 Å². The third-order valence-electron chi connectivity index (χ3n) is 4.11. The normalized spacial score (nSPS) is 14.0. The monoisotopic (exact) mass is 373 g/mol. The molecule has 0 spiro atoms. The first-order valence-electron chi connectivity index (χ1n) is 8.63. The van der Waals surface area contributed by atoms with E-state index >= 15 is 0 Å². The maximum atomic E-state index is 13.6. The fourth-order valence-corrected chi connectivity index (χ4v) is 2.66. The molecule has 1 aliphatic rings. The number of aromatic nitrogens is 2. The Balaban J connectivity index is 1.58. The number of carbonyl (C=O) groups is 2. The lowest BCUT2D eigenvalue weighted by Gasteiger charge is -2.33. The van der Waals surface area contributed by atoms with E-state index in [1.807, 2.05) is 4.90 Å². The largest absolute Gasteiger partial charge is 0.450 e. The summed E-state index contributed by atoms with van der Waals surface area (Å²) in [5.41, 5.74) is 0.328. The molecule has 1 aromatic carbocycles. The van der Waals surface area contributed by atoms with E-state index in [0.29, 0.717) is 38.7 Å². The van der Waals surface area contributed by atoms with Gasteiger partial charge in [-0.05, 0) is 19.1 Å². The number of nitrogens with zero attached hydrogens (tertiary/aromatic N) is 4. The number of para-hydroxylation sites is 1. The van der Waals surface area contributed by atoms with Crippen LogP contribution in [0, 0.1) is 5.82 Å². The molecule has 9 heteroatoms. The second-order valence-electron chi connectivity index (χ2n) is 5.88. The van der Waals surface area contributed by atoms with Crippen molar-refractivity contribution < 1.29 is 18.7 Å². The van der Waals surface area contributed by atoms with Crippen molar-refractivity contribution >= 4 is 23.6 Å². The van der Waals surface area contributed by atoms with Gasteiger partial charge in [-0.25, -0.2) is 19.2 Å². The van der Waals surface area contributed by atoms with Crippen LogP contribution in [0.15, 0.2) is 36.7 Å². The van der Waals surface area contributed by atoms with Gasteiger partial charge in [-0.15, -0.1) is 0 Å². The summed E-state index contributed by atoms with van der Waals surface area (Å²) in [5, 5.41) is 2.49. The van der Waals surface area contributed by atoms with E-state index in [0.717, 1.165) is 0 Å². The molecule has 2 amide bonds. The summed E-state index contributed by atoms with van der Waals surface area (Å²) in [6.45, 7) is 4.28. The van der Waals surface area contributed by atoms with Crippen LogP contribution in [0.1, 0.15) is 17.3 Å². The van der Waals surface area contributed by atoms with Crippen LogP contribution in [-0.4, -0.2) is 59.7 Å². The Kier molecular flexibility index (Phi) is 5.80. The average Bonchev–Trinajstić information content (AvgIpc) is 2.70. The van der Waals surface area contributed by atoms with Gasteiger partial charge in [-0.3, -0.25) is 4.79 Å². The van der Waals surface area contributed by atoms with Crippen LogP contribution >= 0.6 is 0 Å². The number of hydrogen-bond donors (Lipinski definition) is 1. The van der Waals surface area contributed by atoms with Crippen LogP contribution in [0.3, 0.4) is 0 Å².